The number of aliphatic carboxylic acids is 1. The molecule has 0 radical (unpaired) electrons. The van der Waals surface area contributed by atoms with Gasteiger partial charge in [0, 0.05) is 0 Å². The molecular weight excluding hydrogens is 210 g/mol. The molecule has 1 aromatic heterocycles. The Morgan fingerprint density at radius 2 is 2.31 bits per heavy atom. The predicted molar refractivity (Wildman–Crippen MR) is 54.5 cm³/mol. The monoisotopic (exact) mass is 223 g/mol. The maximum absolute atomic E-state index is 11.6. The molecule has 0 aromatic carbocycles. The molecule has 5 nitrogen and oxygen atoms in total. The van der Waals surface area contributed by atoms with Crippen LogP contribution in [0.15, 0.2) is 22.8 Å². The highest BCUT2D eigenvalue weighted by Crippen LogP contribution is 2.39. The number of carboxylic acid groups (broad SMARTS) is 1. The maximum atomic E-state index is 11.6. The van der Waals surface area contributed by atoms with Crippen molar-refractivity contribution < 1.29 is 19.1 Å². The van der Waals surface area contributed by atoms with Gasteiger partial charge in [-0.1, -0.05) is 0 Å². The Bertz CT molecular complexity index is 398. The molecule has 1 fully saturated rings. The fourth-order valence-corrected chi connectivity index (χ4v) is 1.69. The van der Waals surface area contributed by atoms with Crippen LogP contribution in [0.5, 0.6) is 0 Å². The molecule has 0 unspecified atom stereocenters. The minimum absolute atomic E-state index is 0.212. The van der Waals surface area contributed by atoms with Crippen LogP contribution in [0.25, 0.3) is 0 Å². The van der Waals surface area contributed by atoms with E-state index in [-0.39, 0.29) is 17.9 Å². The number of hydrogen-bond donors (Lipinski definition) is 2. The molecule has 16 heavy (non-hydrogen) atoms. The first-order chi connectivity index (χ1) is 7.59. The third-order valence-corrected chi connectivity index (χ3v) is 2.77. The Balaban J connectivity index is 1.87. The number of hydrogen-bond acceptors (Lipinski definition) is 3. The van der Waals surface area contributed by atoms with Crippen LogP contribution in [0.3, 0.4) is 0 Å². The second-order valence-corrected chi connectivity index (χ2v) is 4.03. The first-order valence-electron chi connectivity index (χ1n) is 5.16. The lowest BCUT2D eigenvalue weighted by atomic mass is 10.2. The molecule has 1 aliphatic carbocycles. The Labute approximate surface area is 92.4 Å². The van der Waals surface area contributed by atoms with Crippen LogP contribution in [-0.4, -0.2) is 17.0 Å². The van der Waals surface area contributed by atoms with Crippen molar-refractivity contribution in [2.75, 3.05) is 0 Å². The maximum Gasteiger partial charge on any atom is 0.307 e. The van der Waals surface area contributed by atoms with Gasteiger partial charge in [0.2, 0.25) is 5.91 Å². The summed E-state index contributed by atoms with van der Waals surface area (Å²) in [4.78, 5) is 22.2. The summed E-state index contributed by atoms with van der Waals surface area (Å²) in [5.41, 5.74) is 0. The van der Waals surface area contributed by atoms with Gasteiger partial charge < -0.3 is 14.8 Å². The summed E-state index contributed by atoms with van der Waals surface area (Å²) in [6.45, 7) is 1.80. The summed E-state index contributed by atoms with van der Waals surface area (Å²) in [6, 6.07) is 3.29. The number of rotatable bonds is 4. The molecule has 1 saturated carbocycles. The van der Waals surface area contributed by atoms with Crippen LogP contribution < -0.4 is 5.32 Å². The van der Waals surface area contributed by atoms with Gasteiger partial charge in [0.15, 0.2) is 0 Å². The van der Waals surface area contributed by atoms with Crippen molar-refractivity contribution >= 4 is 11.9 Å². The number of carboxylic acids is 1. The molecule has 2 N–H and O–H groups in total. The van der Waals surface area contributed by atoms with E-state index < -0.39 is 11.9 Å². The zero-order valence-electron chi connectivity index (χ0n) is 8.84. The van der Waals surface area contributed by atoms with Crippen LogP contribution in [0.1, 0.15) is 25.1 Å². The van der Waals surface area contributed by atoms with Crippen molar-refractivity contribution in [3.8, 4) is 0 Å². The number of carbonyl (C=O) groups is 2. The lowest BCUT2D eigenvalue weighted by Gasteiger charge is -2.10. The summed E-state index contributed by atoms with van der Waals surface area (Å²) >= 11 is 0. The Morgan fingerprint density at radius 3 is 2.81 bits per heavy atom. The topological polar surface area (TPSA) is 79.5 Å². The number of carbonyl (C=O) groups excluding carboxylic acids is 1. The van der Waals surface area contributed by atoms with E-state index >= 15 is 0 Å². The summed E-state index contributed by atoms with van der Waals surface area (Å²) in [5, 5.41) is 11.4. The average Bonchev–Trinajstić information content (AvgIpc) is 2.85. The van der Waals surface area contributed by atoms with Crippen LogP contribution in [0.2, 0.25) is 0 Å². The van der Waals surface area contributed by atoms with E-state index in [1.807, 2.05) is 0 Å². The molecule has 0 spiro atoms. The number of amides is 1. The summed E-state index contributed by atoms with van der Waals surface area (Å²) in [7, 11) is 0. The summed E-state index contributed by atoms with van der Waals surface area (Å²) < 4.78 is 5.14. The van der Waals surface area contributed by atoms with Gasteiger partial charge in [-0.2, -0.15) is 0 Å². The van der Waals surface area contributed by atoms with E-state index in [1.54, 1.807) is 19.1 Å². The van der Waals surface area contributed by atoms with Gasteiger partial charge >= 0.3 is 5.97 Å². The third kappa shape index (κ3) is 2.08. The lowest BCUT2D eigenvalue weighted by Crippen LogP contribution is -2.28. The first kappa shape index (κ1) is 10.7. The molecule has 0 aliphatic heterocycles. The normalized spacial score (nSPS) is 24.8. The standard InChI is InChI=1S/C11H13NO4/c1-6(9-3-2-4-16-9)12-10(13)7-5-8(7)11(14)15/h2-4,6-8H,5H2,1H3,(H,12,13)(H,14,15)/t6-,7-,8+/m1/s1. The molecule has 86 valence electrons. The van der Waals surface area contributed by atoms with Crippen molar-refractivity contribution in [3.05, 3.63) is 24.2 Å². The second kappa shape index (κ2) is 4.00. The smallest absolute Gasteiger partial charge is 0.307 e. The molecule has 1 amide bonds. The minimum atomic E-state index is -0.897. The van der Waals surface area contributed by atoms with E-state index in [2.05, 4.69) is 5.32 Å². The summed E-state index contributed by atoms with van der Waals surface area (Å²) in [5.74, 6) is -1.33. The molecule has 5 heteroatoms. The fourth-order valence-electron chi connectivity index (χ4n) is 1.69. The highest BCUT2D eigenvalue weighted by atomic mass is 16.4. The average molecular weight is 223 g/mol. The van der Waals surface area contributed by atoms with Crippen LogP contribution in [-0.2, 0) is 9.59 Å². The van der Waals surface area contributed by atoms with Gasteiger partial charge in [-0.25, -0.2) is 0 Å². The predicted octanol–water partition coefficient (Wildman–Crippen LogP) is 1.18. The number of nitrogens with one attached hydrogen (secondary N) is 1. The van der Waals surface area contributed by atoms with Gasteiger partial charge in [-0.05, 0) is 25.5 Å². The van der Waals surface area contributed by atoms with E-state index in [0.717, 1.165) is 0 Å². The van der Waals surface area contributed by atoms with Crippen molar-refractivity contribution in [3.63, 3.8) is 0 Å². The highest BCUT2D eigenvalue weighted by molar-refractivity contribution is 5.89. The Morgan fingerprint density at radius 1 is 1.56 bits per heavy atom. The first-order valence-corrected chi connectivity index (χ1v) is 5.16. The SMILES string of the molecule is C[C@@H](NC(=O)[C@@H]1C[C@@H]1C(=O)O)c1ccco1. The summed E-state index contributed by atoms with van der Waals surface area (Å²) in [6.07, 6.45) is 1.97. The van der Waals surface area contributed by atoms with Gasteiger partial charge in [0.1, 0.15) is 5.76 Å². The Kier molecular flexibility index (Phi) is 2.68. The van der Waals surface area contributed by atoms with Gasteiger partial charge in [-0.3, -0.25) is 9.59 Å². The molecule has 2 rings (SSSR count). The Hall–Kier alpha value is -1.78. The van der Waals surface area contributed by atoms with Crippen molar-refractivity contribution in [1.29, 1.82) is 0 Å². The second-order valence-electron chi connectivity index (χ2n) is 4.03. The van der Waals surface area contributed by atoms with Gasteiger partial charge in [-0.15, -0.1) is 0 Å². The molecular formula is C11H13NO4. The van der Waals surface area contributed by atoms with Crippen LogP contribution >= 0.6 is 0 Å². The minimum Gasteiger partial charge on any atom is -0.481 e. The molecule has 0 saturated heterocycles. The third-order valence-electron chi connectivity index (χ3n) is 2.77. The lowest BCUT2D eigenvalue weighted by molar-refractivity contribution is -0.140. The molecule has 3 atom stereocenters. The number of furan rings is 1. The van der Waals surface area contributed by atoms with Gasteiger partial charge in [0.05, 0.1) is 24.1 Å². The van der Waals surface area contributed by atoms with Crippen molar-refractivity contribution in [1.82, 2.24) is 5.32 Å². The van der Waals surface area contributed by atoms with E-state index in [0.29, 0.717) is 12.2 Å². The molecule has 1 aliphatic rings. The van der Waals surface area contributed by atoms with Gasteiger partial charge in [0.25, 0.3) is 0 Å². The largest absolute Gasteiger partial charge is 0.481 e. The molecule has 0 bridgehead atoms. The van der Waals surface area contributed by atoms with Crippen molar-refractivity contribution in [2.45, 2.75) is 19.4 Å². The molecule has 1 heterocycles. The molecule has 1 aromatic rings. The van der Waals surface area contributed by atoms with Crippen LogP contribution in [0.4, 0.5) is 0 Å². The van der Waals surface area contributed by atoms with E-state index in [9.17, 15) is 9.59 Å². The highest BCUT2D eigenvalue weighted by Gasteiger charge is 2.48. The zero-order chi connectivity index (χ0) is 11.7. The quantitative estimate of drug-likeness (QED) is 0.803. The zero-order valence-corrected chi connectivity index (χ0v) is 8.84. The van der Waals surface area contributed by atoms with E-state index in [1.165, 1.54) is 6.26 Å². The van der Waals surface area contributed by atoms with E-state index in [4.69, 9.17) is 9.52 Å². The van der Waals surface area contributed by atoms with Crippen molar-refractivity contribution in [2.24, 2.45) is 11.8 Å². The fraction of sp³-hybridized carbons (Fsp3) is 0.455. The van der Waals surface area contributed by atoms with Crippen LogP contribution in [0, 0.1) is 11.8 Å².